The van der Waals surface area contributed by atoms with Crippen molar-refractivity contribution in [2.45, 2.75) is 0 Å². The van der Waals surface area contributed by atoms with E-state index in [0.29, 0.717) is 0 Å². The molecule has 1 aromatic heterocycles. The molecule has 1 amide bonds. The largest absolute Gasteiger partial charge is 0.440 e. The van der Waals surface area contributed by atoms with Gasteiger partial charge in [0.1, 0.15) is 5.82 Å². The van der Waals surface area contributed by atoms with Gasteiger partial charge in [0, 0.05) is 0 Å². The fourth-order valence-corrected chi connectivity index (χ4v) is 1.59. The maximum Gasteiger partial charge on any atom is 0.291 e. The van der Waals surface area contributed by atoms with E-state index in [1.54, 1.807) is 0 Å². The van der Waals surface area contributed by atoms with E-state index in [2.05, 4.69) is 5.32 Å². The van der Waals surface area contributed by atoms with Gasteiger partial charge in [-0.05, 0) is 35.9 Å². The number of halogens is 3. The van der Waals surface area contributed by atoms with Gasteiger partial charge in [0.25, 0.3) is 5.91 Å². The standard InChI is InChI=1S/C11H6Cl2FNO2/c12-6-2-1-3-7(14)10(6)15-11(16)8-4-5-9(13)17-8/h1-5H,(H,15,16). The van der Waals surface area contributed by atoms with Crippen LogP contribution in [-0.4, -0.2) is 5.91 Å². The molecule has 0 saturated carbocycles. The summed E-state index contributed by atoms with van der Waals surface area (Å²) < 4.78 is 18.3. The van der Waals surface area contributed by atoms with Gasteiger partial charge >= 0.3 is 0 Å². The maximum absolute atomic E-state index is 13.4. The number of nitrogens with one attached hydrogen (secondary N) is 1. The zero-order valence-corrected chi connectivity index (χ0v) is 9.85. The molecule has 0 spiro atoms. The molecule has 0 radical (unpaired) electrons. The number of carbonyl (C=O) groups is 1. The molecule has 2 rings (SSSR count). The predicted octanol–water partition coefficient (Wildman–Crippen LogP) is 3.98. The molecule has 17 heavy (non-hydrogen) atoms. The summed E-state index contributed by atoms with van der Waals surface area (Å²) in [5.41, 5.74) is -0.0910. The van der Waals surface area contributed by atoms with Crippen molar-refractivity contribution in [2.24, 2.45) is 0 Å². The molecule has 0 unspecified atom stereocenters. The van der Waals surface area contributed by atoms with Gasteiger partial charge in [0.05, 0.1) is 10.7 Å². The molecule has 0 aliphatic rings. The van der Waals surface area contributed by atoms with E-state index < -0.39 is 11.7 Å². The normalized spacial score (nSPS) is 10.3. The van der Waals surface area contributed by atoms with Crippen LogP contribution in [0.25, 0.3) is 0 Å². The van der Waals surface area contributed by atoms with Crippen molar-refractivity contribution >= 4 is 34.8 Å². The van der Waals surface area contributed by atoms with Crippen molar-refractivity contribution in [3.05, 3.63) is 52.2 Å². The van der Waals surface area contributed by atoms with Crippen molar-refractivity contribution < 1.29 is 13.6 Å². The lowest BCUT2D eigenvalue weighted by atomic mass is 10.3. The van der Waals surface area contributed by atoms with Crippen molar-refractivity contribution in [3.8, 4) is 0 Å². The second-order valence-corrected chi connectivity index (χ2v) is 3.93. The van der Waals surface area contributed by atoms with E-state index in [0.717, 1.165) is 0 Å². The van der Waals surface area contributed by atoms with Gasteiger partial charge in [-0.1, -0.05) is 17.7 Å². The van der Waals surface area contributed by atoms with Crippen LogP contribution in [0.15, 0.2) is 34.7 Å². The van der Waals surface area contributed by atoms with Crippen LogP contribution in [0.5, 0.6) is 0 Å². The van der Waals surface area contributed by atoms with Gasteiger partial charge < -0.3 is 9.73 Å². The molecule has 3 nitrogen and oxygen atoms in total. The van der Waals surface area contributed by atoms with Crippen molar-refractivity contribution in [3.63, 3.8) is 0 Å². The molecule has 6 heteroatoms. The SMILES string of the molecule is O=C(Nc1c(F)cccc1Cl)c1ccc(Cl)o1. The smallest absolute Gasteiger partial charge is 0.291 e. The fraction of sp³-hybridized carbons (Fsp3) is 0. The summed E-state index contributed by atoms with van der Waals surface area (Å²) in [4.78, 5) is 11.6. The second kappa shape index (κ2) is 4.77. The number of rotatable bonds is 2. The van der Waals surface area contributed by atoms with Crippen LogP contribution in [0.2, 0.25) is 10.2 Å². The Kier molecular flexibility index (Phi) is 3.36. The lowest BCUT2D eigenvalue weighted by molar-refractivity contribution is 0.0996. The molecule has 0 fully saturated rings. The maximum atomic E-state index is 13.4. The van der Waals surface area contributed by atoms with E-state index in [-0.39, 0.29) is 21.7 Å². The topological polar surface area (TPSA) is 42.2 Å². The zero-order valence-electron chi connectivity index (χ0n) is 8.34. The molecule has 2 aromatic rings. The number of carbonyl (C=O) groups excluding carboxylic acids is 1. The van der Waals surface area contributed by atoms with Gasteiger partial charge in [-0.3, -0.25) is 4.79 Å². The molecule has 0 bridgehead atoms. The van der Waals surface area contributed by atoms with Crippen LogP contribution < -0.4 is 5.32 Å². The van der Waals surface area contributed by atoms with Crippen molar-refractivity contribution in [2.75, 3.05) is 5.32 Å². The van der Waals surface area contributed by atoms with Crippen molar-refractivity contribution in [1.29, 1.82) is 0 Å². The Morgan fingerprint density at radius 1 is 1.24 bits per heavy atom. The quantitative estimate of drug-likeness (QED) is 0.900. The summed E-state index contributed by atoms with van der Waals surface area (Å²) in [7, 11) is 0. The summed E-state index contributed by atoms with van der Waals surface area (Å²) in [6, 6.07) is 6.90. The van der Waals surface area contributed by atoms with Gasteiger partial charge in [-0.2, -0.15) is 0 Å². The summed E-state index contributed by atoms with van der Waals surface area (Å²) in [6.45, 7) is 0. The number of benzene rings is 1. The lowest BCUT2D eigenvalue weighted by Crippen LogP contribution is -2.12. The van der Waals surface area contributed by atoms with Gasteiger partial charge in [0.2, 0.25) is 0 Å². The highest BCUT2D eigenvalue weighted by molar-refractivity contribution is 6.34. The number of amides is 1. The molecule has 0 saturated heterocycles. The number of furan rings is 1. The lowest BCUT2D eigenvalue weighted by Gasteiger charge is -2.06. The summed E-state index contributed by atoms with van der Waals surface area (Å²) in [6.07, 6.45) is 0. The molecule has 0 aliphatic carbocycles. The van der Waals surface area contributed by atoms with E-state index >= 15 is 0 Å². The number of anilines is 1. The third kappa shape index (κ3) is 2.60. The highest BCUT2D eigenvalue weighted by Crippen LogP contribution is 2.25. The molecule has 0 atom stereocenters. The fourth-order valence-electron chi connectivity index (χ4n) is 1.23. The third-order valence-corrected chi connectivity index (χ3v) is 2.52. The Balaban J connectivity index is 2.24. The molecular weight excluding hydrogens is 268 g/mol. The molecular formula is C11H6Cl2FNO2. The van der Waals surface area contributed by atoms with E-state index in [9.17, 15) is 9.18 Å². The van der Waals surface area contributed by atoms with Gasteiger partial charge in [-0.25, -0.2) is 4.39 Å². The van der Waals surface area contributed by atoms with Crippen LogP contribution >= 0.6 is 23.2 Å². The molecule has 1 heterocycles. The Bertz CT molecular complexity index is 548. The predicted molar refractivity (Wildman–Crippen MR) is 63.1 cm³/mol. The minimum absolute atomic E-state index is 0.0191. The third-order valence-electron chi connectivity index (χ3n) is 2.00. The summed E-state index contributed by atoms with van der Waals surface area (Å²) >= 11 is 11.3. The van der Waals surface area contributed by atoms with Gasteiger partial charge in [-0.15, -0.1) is 0 Å². The Morgan fingerprint density at radius 2 is 2.00 bits per heavy atom. The zero-order chi connectivity index (χ0) is 12.4. The van der Waals surface area contributed by atoms with Crippen molar-refractivity contribution in [1.82, 2.24) is 0 Å². The first-order valence-electron chi connectivity index (χ1n) is 4.58. The monoisotopic (exact) mass is 273 g/mol. The summed E-state index contributed by atoms with van der Waals surface area (Å²) in [5.74, 6) is -1.26. The second-order valence-electron chi connectivity index (χ2n) is 3.15. The van der Waals surface area contributed by atoms with E-state index in [1.165, 1.54) is 30.3 Å². The first-order valence-corrected chi connectivity index (χ1v) is 5.34. The van der Waals surface area contributed by atoms with Crippen LogP contribution in [0.4, 0.5) is 10.1 Å². The molecule has 0 aliphatic heterocycles. The van der Waals surface area contributed by atoms with E-state index in [4.69, 9.17) is 27.6 Å². The highest BCUT2D eigenvalue weighted by atomic mass is 35.5. The highest BCUT2D eigenvalue weighted by Gasteiger charge is 2.15. The number of para-hydroxylation sites is 1. The molecule has 1 N–H and O–H groups in total. The summed E-state index contributed by atoms with van der Waals surface area (Å²) in [5, 5.41) is 2.50. The average molecular weight is 274 g/mol. The minimum Gasteiger partial charge on any atom is -0.440 e. The number of hydrogen-bond donors (Lipinski definition) is 1. The Morgan fingerprint density at radius 3 is 2.59 bits per heavy atom. The molecule has 88 valence electrons. The van der Waals surface area contributed by atoms with Crippen LogP contribution in [0.1, 0.15) is 10.6 Å². The first kappa shape index (κ1) is 12.0. The first-order chi connectivity index (χ1) is 8.08. The average Bonchev–Trinajstić information content (AvgIpc) is 2.70. The van der Waals surface area contributed by atoms with E-state index in [1.807, 2.05) is 0 Å². The van der Waals surface area contributed by atoms with Crippen LogP contribution in [0, 0.1) is 5.82 Å². The van der Waals surface area contributed by atoms with Crippen LogP contribution in [0.3, 0.4) is 0 Å². The van der Waals surface area contributed by atoms with Crippen LogP contribution in [-0.2, 0) is 0 Å². The molecule has 1 aromatic carbocycles. The van der Waals surface area contributed by atoms with Gasteiger partial charge in [0.15, 0.2) is 11.0 Å². The Labute approximate surface area is 106 Å². The Hall–Kier alpha value is -1.52. The number of hydrogen-bond acceptors (Lipinski definition) is 2. The minimum atomic E-state index is -0.622.